The van der Waals surface area contributed by atoms with E-state index in [2.05, 4.69) is 35.9 Å². The molecule has 1 fully saturated rings. The summed E-state index contributed by atoms with van der Waals surface area (Å²) in [7, 11) is 0. The molecule has 0 radical (unpaired) electrons. The summed E-state index contributed by atoms with van der Waals surface area (Å²) >= 11 is 0. The van der Waals surface area contributed by atoms with Gasteiger partial charge in [-0.3, -0.25) is 4.98 Å². The van der Waals surface area contributed by atoms with Crippen molar-refractivity contribution in [2.24, 2.45) is 5.92 Å². The van der Waals surface area contributed by atoms with Crippen molar-refractivity contribution in [3.8, 4) is 0 Å². The number of hydrogen-bond acceptors (Lipinski definition) is 3. The number of para-hydroxylation sites is 1. The van der Waals surface area contributed by atoms with E-state index in [0.717, 1.165) is 48.9 Å². The molecular formula is C18H24N2O. The number of aliphatic hydroxyl groups is 1. The summed E-state index contributed by atoms with van der Waals surface area (Å²) in [6.07, 6.45) is 3.38. The molecule has 0 spiro atoms. The monoisotopic (exact) mass is 284 g/mol. The van der Waals surface area contributed by atoms with Crippen LogP contribution < -0.4 is 0 Å². The second-order valence-electron chi connectivity index (χ2n) is 6.61. The minimum atomic E-state index is -0.735. The first-order chi connectivity index (χ1) is 10.1. The highest BCUT2D eigenvalue weighted by atomic mass is 16.3. The molecule has 0 unspecified atom stereocenters. The third-order valence-electron chi connectivity index (χ3n) is 4.44. The zero-order chi connectivity index (χ0) is 14.9. The van der Waals surface area contributed by atoms with Crippen LogP contribution >= 0.6 is 0 Å². The van der Waals surface area contributed by atoms with Gasteiger partial charge in [-0.15, -0.1) is 0 Å². The normalized spacial score (nSPS) is 19.2. The fourth-order valence-electron chi connectivity index (χ4n) is 3.37. The third-order valence-corrected chi connectivity index (χ3v) is 4.44. The van der Waals surface area contributed by atoms with Gasteiger partial charge < -0.3 is 10.0 Å². The summed E-state index contributed by atoms with van der Waals surface area (Å²) in [4.78, 5) is 6.95. The van der Waals surface area contributed by atoms with Crippen LogP contribution in [0.4, 0.5) is 0 Å². The molecule has 3 rings (SSSR count). The Morgan fingerprint density at radius 2 is 1.90 bits per heavy atom. The van der Waals surface area contributed by atoms with Crippen molar-refractivity contribution in [3.05, 3.63) is 42.1 Å². The predicted molar refractivity (Wildman–Crippen MR) is 86.2 cm³/mol. The molecule has 1 aromatic carbocycles. The fourth-order valence-corrected chi connectivity index (χ4v) is 3.37. The van der Waals surface area contributed by atoms with E-state index in [4.69, 9.17) is 0 Å². The first-order valence-electron chi connectivity index (χ1n) is 7.87. The molecule has 0 aliphatic carbocycles. The van der Waals surface area contributed by atoms with Crippen molar-refractivity contribution in [3.63, 3.8) is 0 Å². The summed E-state index contributed by atoms with van der Waals surface area (Å²) in [5, 5.41) is 12.2. The number of fused-ring (bicyclic) bond motifs is 1. The number of pyridine rings is 1. The highest BCUT2D eigenvalue weighted by Gasteiger charge is 2.35. The number of aromatic nitrogens is 1. The molecule has 112 valence electrons. The van der Waals surface area contributed by atoms with E-state index in [0.29, 0.717) is 5.92 Å². The minimum absolute atomic E-state index is 0.676. The average molecular weight is 284 g/mol. The summed E-state index contributed by atoms with van der Waals surface area (Å²) < 4.78 is 0. The molecule has 3 heteroatoms. The molecule has 1 aliphatic rings. The number of rotatable bonds is 3. The van der Waals surface area contributed by atoms with Crippen LogP contribution in [-0.4, -0.2) is 34.6 Å². The zero-order valence-corrected chi connectivity index (χ0v) is 12.9. The van der Waals surface area contributed by atoms with Crippen LogP contribution in [0.3, 0.4) is 0 Å². The molecule has 2 heterocycles. The molecule has 0 amide bonds. The van der Waals surface area contributed by atoms with Gasteiger partial charge >= 0.3 is 0 Å². The van der Waals surface area contributed by atoms with Gasteiger partial charge in [-0.05, 0) is 24.8 Å². The standard InChI is InChI=1S/C18H24N2O/c1-14(2)13-20-11-8-18(21,9-12-20)16-7-3-5-15-6-4-10-19-17(15)16/h3-7,10,14,21H,8-9,11-13H2,1-2H3. The van der Waals surface area contributed by atoms with Crippen molar-refractivity contribution in [2.45, 2.75) is 32.3 Å². The quantitative estimate of drug-likeness (QED) is 0.940. The molecule has 1 aromatic heterocycles. The van der Waals surface area contributed by atoms with E-state index in [1.54, 1.807) is 0 Å². The predicted octanol–water partition coefficient (Wildman–Crippen LogP) is 3.17. The molecule has 3 nitrogen and oxygen atoms in total. The Hall–Kier alpha value is -1.45. The van der Waals surface area contributed by atoms with Crippen LogP contribution in [0.2, 0.25) is 0 Å². The molecule has 0 atom stereocenters. The lowest BCUT2D eigenvalue weighted by Gasteiger charge is -2.39. The first kappa shape index (κ1) is 14.5. The second-order valence-corrected chi connectivity index (χ2v) is 6.61. The number of likely N-dealkylation sites (tertiary alicyclic amines) is 1. The van der Waals surface area contributed by atoms with E-state index >= 15 is 0 Å². The van der Waals surface area contributed by atoms with Gasteiger partial charge in [0.05, 0.1) is 11.1 Å². The maximum absolute atomic E-state index is 11.1. The summed E-state index contributed by atoms with van der Waals surface area (Å²) in [5.41, 5.74) is 1.20. The molecule has 0 bridgehead atoms. The van der Waals surface area contributed by atoms with E-state index in [1.807, 2.05) is 24.4 Å². The molecule has 1 saturated heterocycles. The Morgan fingerprint density at radius 3 is 2.62 bits per heavy atom. The SMILES string of the molecule is CC(C)CN1CCC(O)(c2cccc3cccnc23)CC1. The molecular weight excluding hydrogens is 260 g/mol. The largest absolute Gasteiger partial charge is 0.385 e. The maximum Gasteiger partial charge on any atom is 0.0941 e. The Morgan fingerprint density at radius 1 is 1.19 bits per heavy atom. The van der Waals surface area contributed by atoms with Crippen molar-refractivity contribution < 1.29 is 5.11 Å². The average Bonchev–Trinajstić information content (AvgIpc) is 2.49. The van der Waals surface area contributed by atoms with Crippen molar-refractivity contribution in [2.75, 3.05) is 19.6 Å². The number of hydrogen-bond donors (Lipinski definition) is 1. The van der Waals surface area contributed by atoms with Gasteiger partial charge in [0.25, 0.3) is 0 Å². The molecule has 0 saturated carbocycles. The van der Waals surface area contributed by atoms with Crippen molar-refractivity contribution in [1.29, 1.82) is 0 Å². The topological polar surface area (TPSA) is 36.4 Å². The highest BCUT2D eigenvalue weighted by Crippen LogP contribution is 2.36. The second kappa shape index (κ2) is 5.74. The molecule has 21 heavy (non-hydrogen) atoms. The van der Waals surface area contributed by atoms with E-state index in [9.17, 15) is 5.11 Å². The maximum atomic E-state index is 11.1. The van der Waals surface area contributed by atoms with Crippen molar-refractivity contribution >= 4 is 10.9 Å². The smallest absolute Gasteiger partial charge is 0.0941 e. The Kier molecular flexibility index (Phi) is 3.96. The third kappa shape index (κ3) is 2.94. The summed E-state index contributed by atoms with van der Waals surface area (Å²) in [6, 6.07) is 10.1. The zero-order valence-electron chi connectivity index (χ0n) is 12.9. The lowest BCUT2D eigenvalue weighted by Crippen LogP contribution is -2.43. The summed E-state index contributed by atoms with van der Waals surface area (Å²) in [6.45, 7) is 7.52. The van der Waals surface area contributed by atoms with Gasteiger partial charge in [-0.2, -0.15) is 0 Å². The number of piperidine rings is 1. The van der Waals surface area contributed by atoms with E-state index in [-0.39, 0.29) is 0 Å². The highest BCUT2D eigenvalue weighted by molar-refractivity contribution is 5.82. The fraction of sp³-hybridized carbons (Fsp3) is 0.500. The van der Waals surface area contributed by atoms with E-state index in [1.165, 1.54) is 0 Å². The van der Waals surface area contributed by atoms with Gasteiger partial charge in [-0.25, -0.2) is 0 Å². The molecule has 1 N–H and O–H groups in total. The van der Waals surface area contributed by atoms with Gasteiger partial charge in [-0.1, -0.05) is 38.1 Å². The number of nitrogens with zero attached hydrogens (tertiary/aromatic N) is 2. The summed E-state index contributed by atoms with van der Waals surface area (Å²) in [5.74, 6) is 0.676. The minimum Gasteiger partial charge on any atom is -0.385 e. The van der Waals surface area contributed by atoms with Crippen LogP contribution in [0.15, 0.2) is 36.5 Å². The Bertz CT molecular complexity index is 610. The molecule has 2 aromatic rings. The van der Waals surface area contributed by atoms with Crippen LogP contribution in [0.25, 0.3) is 10.9 Å². The Labute approximate surface area is 126 Å². The van der Waals surface area contributed by atoms with Gasteiger partial charge in [0.2, 0.25) is 0 Å². The van der Waals surface area contributed by atoms with Crippen LogP contribution in [0.5, 0.6) is 0 Å². The Balaban J connectivity index is 1.86. The van der Waals surface area contributed by atoms with Gasteiger partial charge in [0.15, 0.2) is 0 Å². The number of benzene rings is 1. The first-order valence-corrected chi connectivity index (χ1v) is 7.87. The van der Waals surface area contributed by atoms with Gasteiger partial charge in [0.1, 0.15) is 0 Å². The van der Waals surface area contributed by atoms with Crippen molar-refractivity contribution in [1.82, 2.24) is 9.88 Å². The van der Waals surface area contributed by atoms with Crippen LogP contribution in [0, 0.1) is 5.92 Å². The lowest BCUT2D eigenvalue weighted by atomic mass is 9.83. The van der Waals surface area contributed by atoms with Crippen LogP contribution in [-0.2, 0) is 5.60 Å². The lowest BCUT2D eigenvalue weighted by molar-refractivity contribution is -0.0269. The van der Waals surface area contributed by atoms with E-state index < -0.39 is 5.60 Å². The van der Waals surface area contributed by atoms with Gasteiger partial charge in [0, 0.05) is 36.8 Å². The molecule has 1 aliphatic heterocycles. The van der Waals surface area contributed by atoms with Crippen LogP contribution in [0.1, 0.15) is 32.3 Å².